The van der Waals surface area contributed by atoms with Crippen molar-refractivity contribution in [3.05, 3.63) is 71.2 Å². The van der Waals surface area contributed by atoms with Crippen LogP contribution in [0.2, 0.25) is 0 Å². The van der Waals surface area contributed by atoms with Gasteiger partial charge in [0, 0.05) is 86.8 Å². The van der Waals surface area contributed by atoms with Crippen molar-refractivity contribution in [2.75, 3.05) is 43.9 Å². The summed E-state index contributed by atoms with van der Waals surface area (Å²) in [7, 11) is 3.56. The molecule has 5 aliphatic rings. The quantitative estimate of drug-likeness (QED) is 0.232. The van der Waals surface area contributed by atoms with Gasteiger partial charge in [-0.1, -0.05) is 25.0 Å². The van der Waals surface area contributed by atoms with Crippen molar-refractivity contribution in [2.24, 2.45) is 5.92 Å². The van der Waals surface area contributed by atoms with Gasteiger partial charge >= 0.3 is 0 Å². The second-order valence-corrected chi connectivity index (χ2v) is 16.1. The number of rotatable bonds is 9. The molecule has 4 aromatic rings. The molecule has 3 aromatic heterocycles. The molecule has 1 aromatic carbocycles. The van der Waals surface area contributed by atoms with Crippen molar-refractivity contribution in [1.82, 2.24) is 39.5 Å². The molecule has 0 radical (unpaired) electrons. The predicted octanol–water partition coefficient (Wildman–Crippen LogP) is 4.64. The summed E-state index contributed by atoms with van der Waals surface area (Å²) in [5.74, 6) is 0.898. The van der Waals surface area contributed by atoms with Crippen molar-refractivity contribution in [1.29, 1.82) is 0 Å². The molecule has 3 saturated heterocycles. The molecule has 1 saturated carbocycles. The van der Waals surface area contributed by atoms with Gasteiger partial charge in [-0.2, -0.15) is 4.98 Å². The standard InChI is InChI=1S/C41H48N10O4/c1-47(2)40(55)34-20-27-22-43-41(46-37(27)51(34)28-6-3-4-7-28)44-35-12-10-25(21-42-35)23-48-17-14-26(15-18-48)31-16-19-49(31)32-9-5-8-29-30(32)24-50(39(29)54)33-11-13-36(52)45-38(33)53/h5,8-10,12,20-22,26,28,31,33H,3-4,6-7,11,13-19,23-24H2,1-2H3,(H,45,52,53)(H,42,43,44,46)/t31-,33+/m0/s1. The monoisotopic (exact) mass is 744 g/mol. The molecule has 14 nitrogen and oxygen atoms in total. The fraction of sp³-hybridized carbons (Fsp3) is 0.488. The molecule has 9 rings (SSSR count). The number of likely N-dealkylation sites (tertiary alicyclic amines) is 1. The smallest absolute Gasteiger partial charge is 0.270 e. The van der Waals surface area contributed by atoms with Crippen LogP contribution in [0.15, 0.2) is 48.8 Å². The van der Waals surface area contributed by atoms with Gasteiger partial charge in [0.1, 0.15) is 23.2 Å². The summed E-state index contributed by atoms with van der Waals surface area (Å²) in [6.45, 7) is 4.22. The lowest BCUT2D eigenvalue weighted by Crippen LogP contribution is -2.54. The third kappa shape index (κ3) is 6.59. The van der Waals surface area contributed by atoms with E-state index in [1.54, 1.807) is 30.1 Å². The van der Waals surface area contributed by atoms with Gasteiger partial charge in [-0.05, 0) is 87.4 Å². The summed E-state index contributed by atoms with van der Waals surface area (Å²) in [5, 5.41) is 6.55. The summed E-state index contributed by atoms with van der Waals surface area (Å²) in [6, 6.07) is 12.0. The number of benzene rings is 1. The average molecular weight is 745 g/mol. The van der Waals surface area contributed by atoms with E-state index in [0.29, 0.717) is 47.9 Å². The Hall–Kier alpha value is -5.37. The molecule has 286 valence electrons. The molecule has 2 N–H and O–H groups in total. The Bertz CT molecular complexity index is 2150. The molecular formula is C41H48N10O4. The number of imide groups is 1. The van der Waals surface area contributed by atoms with Gasteiger partial charge in [0.2, 0.25) is 17.8 Å². The third-order valence-electron chi connectivity index (χ3n) is 12.5. The number of anilines is 3. The van der Waals surface area contributed by atoms with E-state index in [1.807, 2.05) is 30.5 Å². The lowest BCUT2D eigenvalue weighted by Gasteiger charge is -2.50. The van der Waals surface area contributed by atoms with Gasteiger partial charge in [0.05, 0.1) is 0 Å². The van der Waals surface area contributed by atoms with E-state index in [2.05, 4.69) is 42.1 Å². The molecule has 0 spiro atoms. The van der Waals surface area contributed by atoms with Crippen LogP contribution in [0.4, 0.5) is 17.5 Å². The fourth-order valence-corrected chi connectivity index (χ4v) is 9.49. The van der Waals surface area contributed by atoms with Crippen molar-refractivity contribution in [2.45, 2.75) is 89.0 Å². The van der Waals surface area contributed by atoms with Crippen molar-refractivity contribution >= 4 is 52.1 Å². The summed E-state index contributed by atoms with van der Waals surface area (Å²) < 4.78 is 2.12. The maximum Gasteiger partial charge on any atom is 0.270 e. The van der Waals surface area contributed by atoms with Gasteiger partial charge in [-0.15, -0.1) is 0 Å². The van der Waals surface area contributed by atoms with E-state index in [0.717, 1.165) is 99.0 Å². The summed E-state index contributed by atoms with van der Waals surface area (Å²) >= 11 is 0. The highest BCUT2D eigenvalue weighted by molar-refractivity contribution is 6.06. The van der Waals surface area contributed by atoms with E-state index >= 15 is 0 Å². The summed E-state index contributed by atoms with van der Waals surface area (Å²) in [4.78, 5) is 73.2. The molecule has 55 heavy (non-hydrogen) atoms. The number of carbonyl (C=O) groups excluding carboxylic acids is 4. The normalized spacial score (nSPS) is 22.3. The first kappa shape index (κ1) is 35.3. The molecule has 4 fully saturated rings. The van der Waals surface area contributed by atoms with E-state index in [4.69, 9.17) is 9.97 Å². The van der Waals surface area contributed by atoms with Gasteiger partial charge in [0.25, 0.3) is 11.8 Å². The Kier molecular flexibility index (Phi) is 9.23. The number of carbonyl (C=O) groups is 4. The highest BCUT2D eigenvalue weighted by Gasteiger charge is 2.43. The first-order valence-corrected chi connectivity index (χ1v) is 19.8. The first-order valence-electron chi connectivity index (χ1n) is 19.8. The fourth-order valence-electron chi connectivity index (χ4n) is 9.49. The zero-order valence-corrected chi connectivity index (χ0v) is 31.5. The first-order chi connectivity index (χ1) is 26.7. The van der Waals surface area contributed by atoms with Gasteiger partial charge in [-0.25, -0.2) is 9.97 Å². The second kappa shape index (κ2) is 14.4. The Morgan fingerprint density at radius 1 is 0.927 bits per heavy atom. The molecule has 4 aliphatic heterocycles. The Morgan fingerprint density at radius 3 is 2.45 bits per heavy atom. The second-order valence-electron chi connectivity index (χ2n) is 16.1. The number of nitrogens with zero attached hydrogens (tertiary/aromatic N) is 8. The molecule has 0 unspecified atom stereocenters. The van der Waals surface area contributed by atoms with Crippen LogP contribution >= 0.6 is 0 Å². The third-order valence-corrected chi connectivity index (χ3v) is 12.5. The van der Waals surface area contributed by atoms with Crippen LogP contribution in [0.3, 0.4) is 0 Å². The van der Waals surface area contributed by atoms with Crippen molar-refractivity contribution < 1.29 is 19.2 Å². The number of nitrogens with one attached hydrogen (secondary N) is 2. The van der Waals surface area contributed by atoms with E-state index in [-0.39, 0.29) is 36.1 Å². The van der Waals surface area contributed by atoms with Crippen LogP contribution in [0.5, 0.6) is 0 Å². The minimum atomic E-state index is -0.607. The number of pyridine rings is 1. The van der Waals surface area contributed by atoms with Crippen LogP contribution in [-0.2, 0) is 22.7 Å². The molecule has 4 amide bonds. The maximum absolute atomic E-state index is 13.4. The average Bonchev–Trinajstić information content (AvgIpc) is 3.91. The topological polar surface area (TPSA) is 149 Å². The minimum Gasteiger partial charge on any atom is -0.368 e. The zero-order chi connectivity index (χ0) is 37.8. The van der Waals surface area contributed by atoms with Crippen LogP contribution in [0.25, 0.3) is 11.0 Å². The molecule has 14 heteroatoms. The largest absolute Gasteiger partial charge is 0.368 e. The highest BCUT2D eigenvalue weighted by Crippen LogP contribution is 2.41. The van der Waals surface area contributed by atoms with Crippen molar-refractivity contribution in [3.63, 3.8) is 0 Å². The van der Waals surface area contributed by atoms with Crippen LogP contribution in [0.1, 0.15) is 95.8 Å². The number of fused-ring (bicyclic) bond motifs is 2. The van der Waals surface area contributed by atoms with E-state index in [9.17, 15) is 19.2 Å². The Labute approximate surface area is 320 Å². The highest BCUT2D eigenvalue weighted by atomic mass is 16.2. The molecular weight excluding hydrogens is 697 g/mol. The summed E-state index contributed by atoms with van der Waals surface area (Å²) in [6.07, 6.45) is 12.1. The lowest BCUT2D eigenvalue weighted by molar-refractivity contribution is -0.136. The van der Waals surface area contributed by atoms with Crippen LogP contribution < -0.4 is 15.5 Å². The van der Waals surface area contributed by atoms with Gasteiger partial charge < -0.3 is 24.6 Å². The minimum absolute atomic E-state index is 0.0266. The lowest BCUT2D eigenvalue weighted by atomic mass is 9.81. The number of amides is 4. The molecule has 2 atom stereocenters. The molecule has 7 heterocycles. The Morgan fingerprint density at radius 2 is 1.75 bits per heavy atom. The summed E-state index contributed by atoms with van der Waals surface area (Å²) in [5.41, 5.74) is 5.37. The van der Waals surface area contributed by atoms with E-state index < -0.39 is 6.04 Å². The van der Waals surface area contributed by atoms with E-state index in [1.165, 1.54) is 0 Å². The van der Waals surface area contributed by atoms with Gasteiger partial charge in [0.15, 0.2) is 0 Å². The van der Waals surface area contributed by atoms with Crippen LogP contribution in [-0.4, -0.2) is 104 Å². The molecule has 0 bridgehead atoms. The van der Waals surface area contributed by atoms with Crippen molar-refractivity contribution in [3.8, 4) is 0 Å². The zero-order valence-electron chi connectivity index (χ0n) is 31.5. The predicted molar refractivity (Wildman–Crippen MR) is 207 cm³/mol. The number of hydrogen-bond acceptors (Lipinski definition) is 10. The Balaban J connectivity index is 0.809. The number of hydrogen-bond donors (Lipinski definition) is 2. The number of aromatic nitrogens is 4. The molecule has 1 aliphatic carbocycles. The SMILES string of the molecule is CN(C)C(=O)c1cc2cnc(Nc3ccc(CN4CCC([C@@H]5CCN5c5cccc6c5CN([C@@H]5CCC(=O)NC5=O)C6=O)CC4)cn3)nc2n1C1CCCC1. The van der Waals surface area contributed by atoms with Crippen LogP contribution in [0, 0.1) is 5.92 Å². The maximum atomic E-state index is 13.4. The van der Waals surface area contributed by atoms with Gasteiger partial charge in [-0.3, -0.25) is 29.4 Å². The number of piperidine rings is 2.